The number of hydrogen-bond donors (Lipinski definition) is 1. The molecule has 0 saturated carbocycles. The van der Waals surface area contributed by atoms with Crippen molar-refractivity contribution in [1.82, 2.24) is 0 Å². The number of primary amides is 1. The first-order valence-electron chi connectivity index (χ1n) is 10.3. The number of benzene rings is 1. The third-order valence-corrected chi connectivity index (χ3v) is 6.28. The first-order chi connectivity index (χ1) is 14.9. The summed E-state index contributed by atoms with van der Waals surface area (Å²) >= 11 is 1.54. The van der Waals surface area contributed by atoms with E-state index in [1.165, 1.54) is 16.2 Å². The van der Waals surface area contributed by atoms with Crippen LogP contribution in [0.4, 0.5) is 5.00 Å². The van der Waals surface area contributed by atoms with E-state index in [1.807, 2.05) is 38.1 Å². The molecule has 0 saturated heterocycles. The number of fused-ring (bicyclic) bond motifs is 1. The number of aliphatic imine (C=N–C) groups is 1. The molecule has 0 radical (unpaired) electrons. The quantitative estimate of drug-likeness (QED) is 0.419. The summed E-state index contributed by atoms with van der Waals surface area (Å²) in [5, 5.41) is 0.644. The summed E-state index contributed by atoms with van der Waals surface area (Å²) in [5.74, 6) is 0.450. The number of thiophene rings is 1. The number of aryl methyl sites for hydroxylation is 1. The number of nitrogens with zero attached hydrogens (tertiary/aromatic N) is 1. The molecule has 4 rings (SSSR count). The first-order valence-corrected chi connectivity index (χ1v) is 11.1. The van der Waals surface area contributed by atoms with Gasteiger partial charge in [0, 0.05) is 10.4 Å². The van der Waals surface area contributed by atoms with Crippen molar-refractivity contribution in [2.75, 3.05) is 0 Å². The van der Waals surface area contributed by atoms with Crippen LogP contribution in [0.1, 0.15) is 63.6 Å². The lowest BCUT2D eigenvalue weighted by molar-refractivity contribution is 0.0378. The van der Waals surface area contributed by atoms with Gasteiger partial charge in [-0.1, -0.05) is 12.1 Å². The van der Waals surface area contributed by atoms with E-state index in [-0.39, 0.29) is 12.1 Å². The molecule has 1 aromatic carbocycles. The Balaban J connectivity index is 1.52. The molecule has 0 atom stereocenters. The smallest absolute Gasteiger partial charge is 0.338 e. The normalized spacial score (nSPS) is 13.5. The maximum Gasteiger partial charge on any atom is 0.338 e. The van der Waals surface area contributed by atoms with Crippen molar-refractivity contribution in [3.8, 4) is 11.3 Å². The monoisotopic (exact) mass is 436 g/mol. The van der Waals surface area contributed by atoms with E-state index in [0.29, 0.717) is 27.6 Å². The highest BCUT2D eigenvalue weighted by Crippen LogP contribution is 2.39. The Bertz CT molecular complexity index is 1140. The third kappa shape index (κ3) is 4.61. The molecule has 160 valence electrons. The van der Waals surface area contributed by atoms with Crippen molar-refractivity contribution in [2.45, 2.75) is 45.6 Å². The van der Waals surface area contributed by atoms with Crippen LogP contribution in [0.5, 0.6) is 0 Å². The van der Waals surface area contributed by atoms with E-state index < -0.39 is 5.91 Å². The second-order valence-corrected chi connectivity index (χ2v) is 8.83. The predicted molar refractivity (Wildman–Crippen MR) is 121 cm³/mol. The third-order valence-electron chi connectivity index (χ3n) is 5.08. The first kappa shape index (κ1) is 21.1. The average molecular weight is 437 g/mol. The lowest BCUT2D eigenvalue weighted by Crippen LogP contribution is -2.14. The zero-order chi connectivity index (χ0) is 22.0. The van der Waals surface area contributed by atoms with Gasteiger partial charge in [-0.25, -0.2) is 9.79 Å². The van der Waals surface area contributed by atoms with E-state index in [2.05, 4.69) is 4.99 Å². The van der Waals surface area contributed by atoms with Gasteiger partial charge in [-0.05, 0) is 69.4 Å². The second kappa shape index (κ2) is 8.89. The molecule has 3 aromatic rings. The van der Waals surface area contributed by atoms with Crippen molar-refractivity contribution in [2.24, 2.45) is 10.7 Å². The van der Waals surface area contributed by atoms with Crippen LogP contribution < -0.4 is 5.73 Å². The lowest BCUT2D eigenvalue weighted by atomic mass is 9.95. The molecule has 6 nitrogen and oxygen atoms in total. The number of rotatable bonds is 6. The highest BCUT2D eigenvalue weighted by molar-refractivity contribution is 7.16. The summed E-state index contributed by atoms with van der Waals surface area (Å²) in [6.45, 7) is 3.63. The number of esters is 1. The molecule has 1 aliphatic carbocycles. The molecule has 0 unspecified atom stereocenters. The highest BCUT2D eigenvalue weighted by Gasteiger charge is 2.23. The summed E-state index contributed by atoms with van der Waals surface area (Å²) in [4.78, 5) is 29.7. The Morgan fingerprint density at radius 3 is 2.58 bits per heavy atom. The van der Waals surface area contributed by atoms with Gasteiger partial charge in [0.2, 0.25) is 0 Å². The molecule has 2 heterocycles. The van der Waals surface area contributed by atoms with Gasteiger partial charge in [0.15, 0.2) is 0 Å². The van der Waals surface area contributed by atoms with Crippen molar-refractivity contribution in [3.05, 3.63) is 63.7 Å². The fraction of sp³-hybridized carbons (Fsp3) is 0.292. The maximum atomic E-state index is 12.0. The molecule has 7 heteroatoms. The van der Waals surface area contributed by atoms with Gasteiger partial charge in [0.05, 0.1) is 23.4 Å². The number of carbonyl (C=O) groups is 2. The van der Waals surface area contributed by atoms with Crippen LogP contribution >= 0.6 is 11.3 Å². The predicted octanol–water partition coefficient (Wildman–Crippen LogP) is 5.30. The Morgan fingerprint density at radius 1 is 1.13 bits per heavy atom. The van der Waals surface area contributed by atoms with E-state index in [4.69, 9.17) is 14.9 Å². The number of carbonyl (C=O) groups excluding carboxylic acids is 2. The standard InChI is InChI=1S/C24H24N2O4S/c1-14(2)29-24(28)16-9-7-15(8-10-16)19-12-11-17(30-19)13-26-23-21(22(25)27)18-5-3-4-6-20(18)31-23/h7-14H,3-6H2,1-2H3,(H2,25,27)/b26-13+. The van der Waals surface area contributed by atoms with Crippen LogP contribution in [0.3, 0.4) is 0 Å². The van der Waals surface area contributed by atoms with Gasteiger partial charge in [-0.2, -0.15) is 0 Å². The molecule has 2 N–H and O–H groups in total. The SMILES string of the molecule is CC(C)OC(=O)c1ccc(-c2ccc(/C=N/c3sc4c(c3C(N)=O)CCCC4)o2)cc1. The Morgan fingerprint density at radius 2 is 1.87 bits per heavy atom. The van der Waals surface area contributed by atoms with Gasteiger partial charge in [0.25, 0.3) is 5.91 Å². The Kier molecular flexibility index (Phi) is 6.04. The van der Waals surface area contributed by atoms with Gasteiger partial charge in [-0.3, -0.25) is 4.79 Å². The highest BCUT2D eigenvalue weighted by atomic mass is 32.1. The minimum atomic E-state index is -0.428. The fourth-order valence-corrected chi connectivity index (χ4v) is 4.89. The molecule has 0 fully saturated rings. The van der Waals surface area contributed by atoms with Crippen LogP contribution in [0.25, 0.3) is 11.3 Å². The van der Waals surface area contributed by atoms with Crippen molar-refractivity contribution >= 4 is 34.4 Å². The van der Waals surface area contributed by atoms with Gasteiger partial charge >= 0.3 is 5.97 Å². The minimum Gasteiger partial charge on any atom is -0.459 e. The van der Waals surface area contributed by atoms with Crippen LogP contribution in [-0.4, -0.2) is 24.2 Å². The fourth-order valence-electron chi connectivity index (χ4n) is 3.65. The summed E-state index contributed by atoms with van der Waals surface area (Å²) < 4.78 is 11.1. The number of ether oxygens (including phenoxy) is 1. The number of nitrogens with two attached hydrogens (primary N) is 1. The molecule has 1 aliphatic rings. The van der Waals surface area contributed by atoms with Crippen LogP contribution in [0, 0.1) is 0 Å². The number of hydrogen-bond acceptors (Lipinski definition) is 6. The van der Waals surface area contributed by atoms with Crippen LogP contribution in [-0.2, 0) is 17.6 Å². The molecule has 2 aromatic heterocycles. The molecule has 0 spiro atoms. The van der Waals surface area contributed by atoms with Crippen molar-refractivity contribution in [3.63, 3.8) is 0 Å². The molecule has 0 aliphatic heterocycles. The van der Waals surface area contributed by atoms with E-state index >= 15 is 0 Å². The summed E-state index contributed by atoms with van der Waals surface area (Å²) in [6.07, 6.45) is 5.50. The minimum absolute atomic E-state index is 0.164. The topological polar surface area (TPSA) is 94.9 Å². The summed E-state index contributed by atoms with van der Waals surface area (Å²) in [7, 11) is 0. The van der Waals surface area contributed by atoms with E-state index in [0.717, 1.165) is 36.8 Å². The van der Waals surface area contributed by atoms with E-state index in [1.54, 1.807) is 18.3 Å². The van der Waals surface area contributed by atoms with Crippen LogP contribution in [0.2, 0.25) is 0 Å². The Labute approximate surface area is 184 Å². The van der Waals surface area contributed by atoms with Crippen molar-refractivity contribution in [1.29, 1.82) is 0 Å². The molecule has 0 bridgehead atoms. The molecule has 1 amide bonds. The zero-order valence-corrected chi connectivity index (χ0v) is 18.3. The van der Waals surface area contributed by atoms with Gasteiger partial charge in [-0.15, -0.1) is 11.3 Å². The number of furan rings is 1. The molecule has 31 heavy (non-hydrogen) atoms. The summed E-state index contributed by atoms with van der Waals surface area (Å²) in [6, 6.07) is 10.7. The zero-order valence-electron chi connectivity index (χ0n) is 17.5. The Hall–Kier alpha value is -3.19. The summed E-state index contributed by atoms with van der Waals surface area (Å²) in [5.41, 5.74) is 8.57. The maximum absolute atomic E-state index is 12.0. The van der Waals surface area contributed by atoms with Crippen molar-refractivity contribution < 1.29 is 18.7 Å². The van der Waals surface area contributed by atoms with Gasteiger partial charge in [0.1, 0.15) is 16.5 Å². The second-order valence-electron chi connectivity index (χ2n) is 7.75. The average Bonchev–Trinajstić information content (AvgIpc) is 3.36. The molecular formula is C24H24N2O4S. The van der Waals surface area contributed by atoms with E-state index in [9.17, 15) is 9.59 Å². The van der Waals surface area contributed by atoms with Crippen LogP contribution in [0.15, 0.2) is 45.8 Å². The lowest BCUT2D eigenvalue weighted by Gasteiger charge is -2.10. The molecular weight excluding hydrogens is 412 g/mol. The largest absolute Gasteiger partial charge is 0.459 e. The van der Waals surface area contributed by atoms with Gasteiger partial charge < -0.3 is 14.9 Å². The number of amides is 1.